The van der Waals surface area contributed by atoms with Gasteiger partial charge >= 0.3 is 0 Å². The van der Waals surface area contributed by atoms with E-state index in [1.54, 1.807) is 24.5 Å². The lowest BCUT2D eigenvalue weighted by atomic mass is 10.1. The fourth-order valence-electron chi connectivity index (χ4n) is 2.20. The molecule has 0 spiro atoms. The molecule has 1 unspecified atom stereocenters. The van der Waals surface area contributed by atoms with Gasteiger partial charge in [-0.15, -0.1) is 11.3 Å². The van der Waals surface area contributed by atoms with Gasteiger partial charge in [-0.2, -0.15) is 0 Å². The second-order valence-electron chi connectivity index (χ2n) is 5.27. The molecule has 0 aliphatic carbocycles. The molecule has 0 saturated heterocycles. The van der Waals surface area contributed by atoms with E-state index < -0.39 is 0 Å². The van der Waals surface area contributed by atoms with Gasteiger partial charge < -0.3 is 15.4 Å². The smallest absolute Gasteiger partial charge is 0.191 e. The Bertz CT molecular complexity index is 702. The van der Waals surface area contributed by atoms with Crippen molar-refractivity contribution in [1.29, 1.82) is 0 Å². The van der Waals surface area contributed by atoms with E-state index in [2.05, 4.69) is 27.5 Å². The summed E-state index contributed by atoms with van der Waals surface area (Å²) in [5.41, 5.74) is 1.81. The van der Waals surface area contributed by atoms with Crippen LogP contribution in [0.1, 0.15) is 36.2 Å². The summed E-state index contributed by atoms with van der Waals surface area (Å²) in [6.45, 7) is 4.64. The highest BCUT2D eigenvalue weighted by atomic mass is 32.1. The van der Waals surface area contributed by atoms with Crippen LogP contribution in [0.3, 0.4) is 0 Å². The number of thiazole rings is 1. The number of benzene rings is 1. The monoisotopic (exact) mass is 350 g/mol. The maximum Gasteiger partial charge on any atom is 0.191 e. The van der Waals surface area contributed by atoms with Gasteiger partial charge in [0.1, 0.15) is 0 Å². The summed E-state index contributed by atoms with van der Waals surface area (Å²) in [7, 11) is 3.16. The molecule has 0 bridgehead atoms. The molecule has 0 amide bonds. The Hall–Kier alpha value is -2.15. The third-order valence-corrected chi connectivity index (χ3v) is 4.63. The minimum atomic E-state index is -0.374. The molecule has 0 aliphatic heterocycles. The first-order valence-electron chi connectivity index (χ1n) is 7.81. The van der Waals surface area contributed by atoms with E-state index in [-0.39, 0.29) is 17.6 Å². The summed E-state index contributed by atoms with van der Waals surface area (Å²) in [5, 5.41) is 9.64. The number of rotatable bonds is 6. The zero-order valence-electron chi connectivity index (χ0n) is 14.4. The molecule has 2 N–H and O–H groups in total. The average Bonchev–Trinajstić information content (AvgIpc) is 3.06. The third kappa shape index (κ3) is 4.67. The van der Waals surface area contributed by atoms with E-state index in [1.165, 1.54) is 13.2 Å². The number of nitrogens with one attached hydrogen (secondary N) is 2. The van der Waals surface area contributed by atoms with Crippen LogP contribution < -0.4 is 15.4 Å². The van der Waals surface area contributed by atoms with Crippen LogP contribution in [0.15, 0.2) is 28.6 Å². The average molecular weight is 350 g/mol. The number of methoxy groups -OCH3 is 1. The molecule has 0 fully saturated rings. The quantitative estimate of drug-likeness (QED) is 0.620. The van der Waals surface area contributed by atoms with Crippen LogP contribution in [0.4, 0.5) is 4.39 Å². The first-order chi connectivity index (χ1) is 11.6. The van der Waals surface area contributed by atoms with Crippen LogP contribution in [0.2, 0.25) is 0 Å². The topological polar surface area (TPSA) is 58.5 Å². The molecule has 0 saturated carbocycles. The lowest BCUT2D eigenvalue weighted by molar-refractivity contribution is 0.386. The van der Waals surface area contributed by atoms with E-state index in [4.69, 9.17) is 4.74 Å². The van der Waals surface area contributed by atoms with Crippen molar-refractivity contribution in [3.63, 3.8) is 0 Å². The number of hydrogen-bond donors (Lipinski definition) is 2. The lowest BCUT2D eigenvalue weighted by Crippen LogP contribution is -2.38. The summed E-state index contributed by atoms with van der Waals surface area (Å²) in [6.07, 6.45) is 0.942. The molecule has 1 aromatic carbocycles. The largest absolute Gasteiger partial charge is 0.494 e. The first kappa shape index (κ1) is 18.2. The van der Waals surface area contributed by atoms with Gasteiger partial charge in [-0.3, -0.25) is 4.99 Å². The van der Waals surface area contributed by atoms with Gasteiger partial charge in [-0.05, 0) is 31.0 Å². The molecule has 1 atom stereocenters. The molecule has 1 aromatic heterocycles. The molecule has 2 rings (SSSR count). The number of aromatic nitrogens is 1. The van der Waals surface area contributed by atoms with Crippen LogP contribution in [-0.4, -0.2) is 25.1 Å². The molecule has 130 valence electrons. The molecule has 2 aromatic rings. The van der Waals surface area contributed by atoms with Crippen molar-refractivity contribution in [3.8, 4) is 5.75 Å². The van der Waals surface area contributed by atoms with Gasteiger partial charge in [0, 0.05) is 12.4 Å². The summed E-state index contributed by atoms with van der Waals surface area (Å²) in [4.78, 5) is 8.72. The Kier molecular flexibility index (Phi) is 6.54. The van der Waals surface area contributed by atoms with E-state index in [0.717, 1.165) is 22.7 Å². The Balaban J connectivity index is 1.95. The second kappa shape index (κ2) is 8.63. The van der Waals surface area contributed by atoms with E-state index in [9.17, 15) is 4.39 Å². The Morgan fingerprint density at radius 1 is 1.46 bits per heavy atom. The SMILES string of the molecule is CCc1nc(CNC(=NC)NC(C)c2ccc(OC)c(F)c2)cs1. The molecule has 1 heterocycles. The summed E-state index contributed by atoms with van der Waals surface area (Å²) in [5.74, 6) is 0.509. The first-order valence-corrected chi connectivity index (χ1v) is 8.69. The van der Waals surface area contributed by atoms with Crippen molar-refractivity contribution in [1.82, 2.24) is 15.6 Å². The molecular formula is C17H23FN4OS. The van der Waals surface area contributed by atoms with Crippen LogP contribution >= 0.6 is 11.3 Å². The summed E-state index contributed by atoms with van der Waals surface area (Å²) < 4.78 is 18.8. The minimum absolute atomic E-state index is 0.0988. The highest BCUT2D eigenvalue weighted by Crippen LogP contribution is 2.21. The van der Waals surface area contributed by atoms with Gasteiger partial charge in [0.05, 0.1) is 30.4 Å². The fraction of sp³-hybridized carbons (Fsp3) is 0.412. The maximum absolute atomic E-state index is 13.8. The van der Waals surface area contributed by atoms with Gasteiger partial charge in [0.15, 0.2) is 17.5 Å². The number of halogens is 1. The summed E-state index contributed by atoms with van der Waals surface area (Å²) in [6, 6.07) is 4.83. The predicted molar refractivity (Wildman–Crippen MR) is 96.2 cm³/mol. The van der Waals surface area contributed by atoms with Gasteiger partial charge in [0.25, 0.3) is 0 Å². The Morgan fingerprint density at radius 2 is 2.25 bits per heavy atom. The third-order valence-electron chi connectivity index (χ3n) is 3.59. The van der Waals surface area contributed by atoms with Crippen molar-refractivity contribution in [2.75, 3.05) is 14.2 Å². The Labute approximate surface area is 146 Å². The number of hydrogen-bond acceptors (Lipinski definition) is 4. The number of ether oxygens (including phenoxy) is 1. The maximum atomic E-state index is 13.8. The van der Waals surface area contributed by atoms with Gasteiger partial charge in [-0.25, -0.2) is 9.37 Å². The highest BCUT2D eigenvalue weighted by Gasteiger charge is 2.11. The van der Waals surface area contributed by atoms with Gasteiger partial charge in [-0.1, -0.05) is 13.0 Å². The van der Waals surface area contributed by atoms with Crippen molar-refractivity contribution < 1.29 is 9.13 Å². The van der Waals surface area contributed by atoms with Crippen molar-refractivity contribution in [2.45, 2.75) is 32.9 Å². The predicted octanol–water partition coefficient (Wildman–Crippen LogP) is 3.28. The van der Waals surface area contributed by atoms with E-state index >= 15 is 0 Å². The van der Waals surface area contributed by atoms with E-state index in [1.807, 2.05) is 18.4 Å². The molecule has 0 aliphatic rings. The van der Waals surface area contributed by atoms with Crippen LogP contribution in [0.5, 0.6) is 5.75 Å². The second-order valence-corrected chi connectivity index (χ2v) is 6.21. The van der Waals surface area contributed by atoms with Crippen molar-refractivity contribution in [3.05, 3.63) is 45.7 Å². The molecular weight excluding hydrogens is 327 g/mol. The highest BCUT2D eigenvalue weighted by molar-refractivity contribution is 7.09. The molecule has 5 nitrogen and oxygen atoms in total. The van der Waals surface area contributed by atoms with Crippen LogP contribution in [0.25, 0.3) is 0 Å². The zero-order valence-corrected chi connectivity index (χ0v) is 15.2. The normalized spacial score (nSPS) is 12.8. The molecule has 7 heteroatoms. The number of guanidine groups is 1. The zero-order chi connectivity index (χ0) is 17.5. The van der Waals surface area contributed by atoms with Crippen molar-refractivity contribution >= 4 is 17.3 Å². The number of aryl methyl sites for hydroxylation is 1. The van der Waals surface area contributed by atoms with Crippen LogP contribution in [-0.2, 0) is 13.0 Å². The molecule has 0 radical (unpaired) electrons. The Morgan fingerprint density at radius 3 is 2.83 bits per heavy atom. The minimum Gasteiger partial charge on any atom is -0.494 e. The van der Waals surface area contributed by atoms with Crippen LogP contribution in [0, 0.1) is 5.82 Å². The number of nitrogens with zero attached hydrogens (tertiary/aromatic N) is 2. The lowest BCUT2D eigenvalue weighted by Gasteiger charge is -2.18. The molecule has 24 heavy (non-hydrogen) atoms. The fourth-order valence-corrected chi connectivity index (χ4v) is 2.95. The number of aliphatic imine (C=N–C) groups is 1. The van der Waals surface area contributed by atoms with Crippen molar-refractivity contribution in [2.24, 2.45) is 4.99 Å². The summed E-state index contributed by atoms with van der Waals surface area (Å²) >= 11 is 1.66. The van der Waals surface area contributed by atoms with Gasteiger partial charge in [0.2, 0.25) is 0 Å². The standard InChI is InChI=1S/C17H23FN4OS/c1-5-16-22-13(10-24-16)9-20-17(19-3)21-11(2)12-6-7-15(23-4)14(18)8-12/h6-8,10-11H,5,9H2,1-4H3,(H2,19,20,21). The van der Waals surface area contributed by atoms with E-state index in [0.29, 0.717) is 12.5 Å².